The Morgan fingerprint density at radius 1 is 1.14 bits per heavy atom. The lowest BCUT2D eigenvalue weighted by atomic mass is 10.2. The number of anilines is 1. The van der Waals surface area contributed by atoms with Gasteiger partial charge in [0.1, 0.15) is 18.2 Å². The first-order chi connectivity index (χ1) is 13.9. The van der Waals surface area contributed by atoms with Crippen molar-refractivity contribution in [3.05, 3.63) is 76.2 Å². The molecule has 3 rings (SSSR count). The molecule has 29 heavy (non-hydrogen) atoms. The number of halogens is 2. The second-order valence-corrected chi connectivity index (χ2v) is 6.25. The minimum Gasteiger partial charge on any atom is -0.494 e. The predicted molar refractivity (Wildman–Crippen MR) is 105 cm³/mol. The number of benzene rings is 2. The molecule has 1 aromatic heterocycles. The number of nitrogens with zero attached hydrogens (tertiary/aromatic N) is 2. The predicted octanol–water partition coefficient (Wildman–Crippen LogP) is 3.40. The Hall–Kier alpha value is -3.55. The number of nitrogens with one attached hydrogen (secondary N) is 1. The molecule has 1 heterocycles. The lowest BCUT2D eigenvalue weighted by Gasteiger charge is -2.14. The van der Waals surface area contributed by atoms with E-state index in [1.54, 1.807) is 0 Å². The molecule has 0 aliphatic heterocycles. The van der Waals surface area contributed by atoms with Gasteiger partial charge in [0.2, 0.25) is 5.91 Å². The monoisotopic (exact) mass is 399 g/mol. The highest BCUT2D eigenvalue weighted by Gasteiger charge is 2.15. The van der Waals surface area contributed by atoms with Gasteiger partial charge in [0, 0.05) is 29.1 Å². The van der Waals surface area contributed by atoms with Crippen LogP contribution in [0, 0.1) is 11.6 Å². The highest BCUT2D eigenvalue weighted by Crippen LogP contribution is 2.21. The van der Waals surface area contributed by atoms with Crippen LogP contribution < -0.4 is 15.6 Å². The van der Waals surface area contributed by atoms with Gasteiger partial charge in [-0.2, -0.15) is 0 Å². The van der Waals surface area contributed by atoms with E-state index < -0.39 is 23.1 Å². The van der Waals surface area contributed by atoms with E-state index in [2.05, 4.69) is 10.3 Å². The number of amides is 1. The van der Waals surface area contributed by atoms with Gasteiger partial charge in [-0.3, -0.25) is 14.2 Å². The molecule has 0 atom stereocenters. The van der Waals surface area contributed by atoms with Crippen LogP contribution in [0.3, 0.4) is 0 Å². The van der Waals surface area contributed by atoms with Crippen molar-refractivity contribution in [1.29, 1.82) is 0 Å². The first kappa shape index (κ1) is 20.2. The number of carbonyl (C=O) groups is 1. The molecule has 150 valence electrons. The van der Waals surface area contributed by atoms with Crippen LogP contribution in [0.25, 0.3) is 11.4 Å². The third-order valence-electron chi connectivity index (χ3n) is 4.26. The maximum absolute atomic E-state index is 13.8. The van der Waals surface area contributed by atoms with Crippen LogP contribution in [0.4, 0.5) is 14.5 Å². The summed E-state index contributed by atoms with van der Waals surface area (Å²) < 4.78 is 33.1. The van der Waals surface area contributed by atoms with E-state index in [9.17, 15) is 18.4 Å². The van der Waals surface area contributed by atoms with Crippen LogP contribution in [-0.4, -0.2) is 22.6 Å². The lowest BCUT2D eigenvalue weighted by molar-refractivity contribution is -0.116. The Morgan fingerprint density at radius 3 is 2.48 bits per heavy atom. The molecule has 0 saturated carbocycles. The Balaban J connectivity index is 1.91. The number of rotatable bonds is 6. The zero-order chi connectivity index (χ0) is 21.0. The van der Waals surface area contributed by atoms with E-state index in [1.807, 2.05) is 6.92 Å². The first-order valence-corrected chi connectivity index (χ1v) is 8.91. The van der Waals surface area contributed by atoms with E-state index >= 15 is 0 Å². The number of methoxy groups -OCH3 is 1. The molecule has 0 spiro atoms. The van der Waals surface area contributed by atoms with E-state index in [4.69, 9.17) is 4.74 Å². The van der Waals surface area contributed by atoms with Gasteiger partial charge >= 0.3 is 0 Å². The smallest absolute Gasteiger partial charge is 0.254 e. The van der Waals surface area contributed by atoms with Gasteiger partial charge in [0.05, 0.1) is 7.11 Å². The third-order valence-corrected chi connectivity index (χ3v) is 4.26. The molecule has 0 aliphatic rings. The largest absolute Gasteiger partial charge is 0.494 e. The topological polar surface area (TPSA) is 73.2 Å². The molecule has 0 radical (unpaired) electrons. The van der Waals surface area contributed by atoms with Crippen LogP contribution in [-0.2, 0) is 17.8 Å². The Kier molecular flexibility index (Phi) is 6.01. The summed E-state index contributed by atoms with van der Waals surface area (Å²) in [5.74, 6) is -1.27. The second kappa shape index (κ2) is 8.64. The molecule has 1 amide bonds. The second-order valence-electron chi connectivity index (χ2n) is 6.25. The molecule has 0 aliphatic carbocycles. The fourth-order valence-electron chi connectivity index (χ4n) is 2.80. The van der Waals surface area contributed by atoms with E-state index in [0.717, 1.165) is 6.07 Å². The Morgan fingerprint density at radius 2 is 1.86 bits per heavy atom. The van der Waals surface area contributed by atoms with Crippen molar-refractivity contribution in [2.24, 2.45) is 0 Å². The molecule has 1 N–H and O–H groups in total. The van der Waals surface area contributed by atoms with Crippen LogP contribution >= 0.6 is 0 Å². The van der Waals surface area contributed by atoms with Gasteiger partial charge in [-0.1, -0.05) is 6.92 Å². The number of carbonyl (C=O) groups excluding carboxylic acids is 1. The lowest BCUT2D eigenvalue weighted by Crippen LogP contribution is -2.30. The maximum atomic E-state index is 13.8. The Labute approximate surface area is 165 Å². The van der Waals surface area contributed by atoms with Crippen LogP contribution in [0.5, 0.6) is 5.75 Å². The van der Waals surface area contributed by atoms with Gasteiger partial charge in [0.25, 0.3) is 5.56 Å². The van der Waals surface area contributed by atoms with Crippen molar-refractivity contribution >= 4 is 11.6 Å². The minimum absolute atomic E-state index is 0.0529. The zero-order valence-corrected chi connectivity index (χ0v) is 15.9. The van der Waals surface area contributed by atoms with E-state index in [1.165, 1.54) is 54.1 Å². The van der Waals surface area contributed by atoms with Crippen molar-refractivity contribution in [3.63, 3.8) is 0 Å². The summed E-state index contributed by atoms with van der Waals surface area (Å²) >= 11 is 0. The summed E-state index contributed by atoms with van der Waals surface area (Å²) in [5.41, 5.74) is 0.875. The summed E-state index contributed by atoms with van der Waals surface area (Å²) in [6.45, 7) is 1.52. The molecule has 0 unspecified atom stereocenters. The summed E-state index contributed by atoms with van der Waals surface area (Å²) in [5, 5.41) is 2.54. The van der Waals surface area contributed by atoms with Gasteiger partial charge < -0.3 is 10.1 Å². The summed E-state index contributed by atoms with van der Waals surface area (Å²) in [6.07, 6.45) is 0.529. The minimum atomic E-state index is -0.622. The molecule has 2 aromatic carbocycles. The third kappa shape index (κ3) is 4.66. The zero-order valence-electron chi connectivity index (χ0n) is 15.9. The molecule has 0 fully saturated rings. The summed E-state index contributed by atoms with van der Waals surface area (Å²) in [4.78, 5) is 29.5. The van der Waals surface area contributed by atoms with Crippen molar-refractivity contribution < 1.29 is 18.3 Å². The number of hydrogen-bond acceptors (Lipinski definition) is 4. The van der Waals surface area contributed by atoms with Gasteiger partial charge in [0.15, 0.2) is 11.6 Å². The highest BCUT2D eigenvalue weighted by molar-refractivity contribution is 5.90. The van der Waals surface area contributed by atoms with Gasteiger partial charge in [-0.05, 0) is 42.8 Å². The van der Waals surface area contributed by atoms with E-state index in [0.29, 0.717) is 17.7 Å². The number of hydrogen-bond donors (Lipinski definition) is 1. The van der Waals surface area contributed by atoms with Crippen LogP contribution in [0.2, 0.25) is 0 Å². The standard InChI is InChI=1S/C21H19F2N3O3/c1-3-15-11-20(28)26(21(25-15)13-4-6-14(22)7-5-13)12-19(27)24-16-8-9-18(29-2)17(23)10-16/h4-11H,3,12H2,1-2H3,(H,24,27). The number of ether oxygens (including phenoxy) is 1. The van der Waals surface area contributed by atoms with E-state index in [-0.39, 0.29) is 23.8 Å². The fraction of sp³-hybridized carbons (Fsp3) is 0.190. The molecule has 3 aromatic rings. The quantitative estimate of drug-likeness (QED) is 0.690. The van der Waals surface area contributed by atoms with Crippen molar-refractivity contribution in [1.82, 2.24) is 9.55 Å². The average molecular weight is 399 g/mol. The fourth-order valence-corrected chi connectivity index (χ4v) is 2.80. The molecule has 0 saturated heterocycles. The highest BCUT2D eigenvalue weighted by atomic mass is 19.1. The molecule has 8 heteroatoms. The Bertz CT molecular complexity index is 1100. The first-order valence-electron chi connectivity index (χ1n) is 8.91. The molecule has 0 bridgehead atoms. The van der Waals surface area contributed by atoms with Crippen molar-refractivity contribution in [2.75, 3.05) is 12.4 Å². The summed E-state index contributed by atoms with van der Waals surface area (Å²) in [6, 6.07) is 10.8. The molecule has 6 nitrogen and oxygen atoms in total. The summed E-state index contributed by atoms with van der Waals surface area (Å²) in [7, 11) is 1.34. The molecular formula is C21H19F2N3O3. The van der Waals surface area contributed by atoms with Gasteiger partial charge in [-0.25, -0.2) is 13.8 Å². The number of aryl methyl sites for hydroxylation is 1. The van der Waals surface area contributed by atoms with Crippen LogP contribution in [0.1, 0.15) is 12.6 Å². The van der Waals surface area contributed by atoms with Crippen molar-refractivity contribution in [2.45, 2.75) is 19.9 Å². The molecular weight excluding hydrogens is 380 g/mol. The van der Waals surface area contributed by atoms with Crippen molar-refractivity contribution in [3.8, 4) is 17.1 Å². The normalized spacial score (nSPS) is 10.6. The SMILES string of the molecule is CCc1cc(=O)n(CC(=O)Nc2ccc(OC)c(F)c2)c(-c2ccc(F)cc2)n1. The van der Waals surface area contributed by atoms with Gasteiger partial charge in [-0.15, -0.1) is 0 Å². The van der Waals surface area contributed by atoms with Crippen LogP contribution in [0.15, 0.2) is 53.3 Å². The maximum Gasteiger partial charge on any atom is 0.254 e. The average Bonchev–Trinajstić information content (AvgIpc) is 2.70. The number of aromatic nitrogens is 2.